The van der Waals surface area contributed by atoms with E-state index in [2.05, 4.69) is 10.6 Å². The normalized spacial score (nSPS) is 11.6. The molecule has 2 amide bonds. The molecule has 5 heteroatoms. The highest BCUT2D eigenvalue weighted by Crippen LogP contribution is 2.23. The molecule has 1 atom stereocenters. The molecule has 0 saturated heterocycles. The van der Waals surface area contributed by atoms with Gasteiger partial charge in [0.25, 0.3) is 0 Å². The predicted octanol–water partition coefficient (Wildman–Crippen LogP) is 3.58. The van der Waals surface area contributed by atoms with Crippen LogP contribution in [-0.2, 0) is 9.59 Å². The molecule has 2 N–H and O–H groups in total. The van der Waals surface area contributed by atoms with Gasteiger partial charge in [-0.15, -0.1) is 0 Å². The second-order valence-corrected chi connectivity index (χ2v) is 6.81. The average molecular weight is 353 g/mol. The van der Waals surface area contributed by atoms with E-state index >= 15 is 0 Å². The number of amides is 2. The fraction of sp³-hybridized carbons (Fsp3) is 0.333. The second kappa shape index (κ2) is 8.52. The standard InChI is InChI=1S/C21H27N3O2/c1-14-6-8-17(9-7-14)20(22-16(3)25)13-21(26)23-19-11-10-18(24(4)5)12-15(19)2/h6-12,20H,13H2,1-5H3,(H,22,25)(H,23,26). The molecule has 2 aromatic carbocycles. The highest BCUT2D eigenvalue weighted by Gasteiger charge is 2.17. The number of benzene rings is 2. The number of carbonyl (C=O) groups excluding carboxylic acids is 2. The highest BCUT2D eigenvalue weighted by atomic mass is 16.2. The van der Waals surface area contributed by atoms with E-state index in [0.29, 0.717) is 0 Å². The molecule has 26 heavy (non-hydrogen) atoms. The van der Waals surface area contributed by atoms with E-state index in [9.17, 15) is 9.59 Å². The van der Waals surface area contributed by atoms with Gasteiger partial charge in [-0.1, -0.05) is 29.8 Å². The smallest absolute Gasteiger partial charge is 0.226 e. The number of anilines is 2. The van der Waals surface area contributed by atoms with Crippen LogP contribution in [0.4, 0.5) is 11.4 Å². The summed E-state index contributed by atoms with van der Waals surface area (Å²) in [5, 5.41) is 5.82. The lowest BCUT2D eigenvalue weighted by atomic mass is 10.0. The Morgan fingerprint density at radius 2 is 1.69 bits per heavy atom. The Hall–Kier alpha value is -2.82. The quantitative estimate of drug-likeness (QED) is 0.834. The summed E-state index contributed by atoms with van der Waals surface area (Å²) in [5.74, 6) is -0.292. The topological polar surface area (TPSA) is 61.4 Å². The van der Waals surface area contributed by atoms with Crippen LogP contribution in [0, 0.1) is 13.8 Å². The van der Waals surface area contributed by atoms with Gasteiger partial charge in [-0.05, 0) is 43.2 Å². The molecule has 0 aliphatic rings. The molecule has 2 rings (SSSR count). The fourth-order valence-corrected chi connectivity index (χ4v) is 2.75. The van der Waals surface area contributed by atoms with Crippen molar-refractivity contribution in [2.24, 2.45) is 0 Å². The predicted molar refractivity (Wildman–Crippen MR) is 106 cm³/mol. The maximum absolute atomic E-state index is 12.5. The van der Waals surface area contributed by atoms with Gasteiger partial charge in [-0.2, -0.15) is 0 Å². The number of aryl methyl sites for hydroxylation is 2. The van der Waals surface area contributed by atoms with Crippen LogP contribution in [0.15, 0.2) is 42.5 Å². The molecule has 2 aromatic rings. The number of hydrogen-bond acceptors (Lipinski definition) is 3. The van der Waals surface area contributed by atoms with Gasteiger partial charge >= 0.3 is 0 Å². The Kier molecular flexibility index (Phi) is 6.39. The minimum Gasteiger partial charge on any atom is -0.378 e. The Morgan fingerprint density at radius 1 is 1.04 bits per heavy atom. The maximum atomic E-state index is 12.5. The van der Waals surface area contributed by atoms with E-state index in [-0.39, 0.29) is 24.3 Å². The molecule has 0 aliphatic heterocycles. The van der Waals surface area contributed by atoms with Crippen molar-refractivity contribution in [2.75, 3.05) is 24.3 Å². The van der Waals surface area contributed by atoms with Crippen LogP contribution in [0.2, 0.25) is 0 Å². The minimum absolute atomic E-state index is 0.134. The van der Waals surface area contributed by atoms with Crippen molar-refractivity contribution in [3.05, 3.63) is 59.2 Å². The van der Waals surface area contributed by atoms with Crippen LogP contribution in [0.25, 0.3) is 0 Å². The molecule has 5 nitrogen and oxygen atoms in total. The van der Waals surface area contributed by atoms with E-state index in [1.807, 2.05) is 75.3 Å². The van der Waals surface area contributed by atoms with Crippen LogP contribution in [-0.4, -0.2) is 25.9 Å². The summed E-state index contributed by atoms with van der Waals surface area (Å²) in [6.45, 7) is 5.43. The molecule has 0 aliphatic carbocycles. The van der Waals surface area contributed by atoms with E-state index in [1.54, 1.807) is 0 Å². The zero-order valence-electron chi connectivity index (χ0n) is 16.1. The third kappa shape index (κ3) is 5.34. The Balaban J connectivity index is 2.12. The molecule has 0 radical (unpaired) electrons. The number of nitrogens with one attached hydrogen (secondary N) is 2. The number of hydrogen-bond donors (Lipinski definition) is 2. The van der Waals surface area contributed by atoms with Crippen molar-refractivity contribution in [3.8, 4) is 0 Å². The zero-order valence-corrected chi connectivity index (χ0v) is 16.1. The molecule has 0 heterocycles. The molecule has 1 unspecified atom stereocenters. The third-order valence-electron chi connectivity index (χ3n) is 4.25. The minimum atomic E-state index is -0.352. The van der Waals surface area contributed by atoms with E-state index in [1.165, 1.54) is 6.92 Å². The molecular formula is C21H27N3O2. The lowest BCUT2D eigenvalue weighted by molar-refractivity contribution is -0.120. The third-order valence-corrected chi connectivity index (χ3v) is 4.25. The number of nitrogens with zero attached hydrogens (tertiary/aromatic N) is 1. The van der Waals surface area contributed by atoms with Crippen molar-refractivity contribution in [1.82, 2.24) is 5.32 Å². The SMILES string of the molecule is CC(=O)NC(CC(=O)Nc1ccc(N(C)C)cc1C)c1ccc(C)cc1. The molecule has 0 saturated carbocycles. The molecule has 0 aromatic heterocycles. The first-order valence-corrected chi connectivity index (χ1v) is 8.67. The molecule has 0 fully saturated rings. The first kappa shape index (κ1) is 19.5. The Labute approximate surface area is 155 Å². The lowest BCUT2D eigenvalue weighted by Gasteiger charge is -2.19. The van der Waals surface area contributed by atoms with Crippen LogP contribution < -0.4 is 15.5 Å². The largest absolute Gasteiger partial charge is 0.378 e. The van der Waals surface area contributed by atoms with Gasteiger partial charge in [0.1, 0.15) is 0 Å². The molecular weight excluding hydrogens is 326 g/mol. The molecule has 138 valence electrons. The first-order valence-electron chi connectivity index (χ1n) is 8.67. The fourth-order valence-electron chi connectivity index (χ4n) is 2.75. The van der Waals surface area contributed by atoms with E-state index in [4.69, 9.17) is 0 Å². The van der Waals surface area contributed by atoms with Crippen molar-refractivity contribution in [1.29, 1.82) is 0 Å². The summed E-state index contributed by atoms with van der Waals surface area (Å²) in [7, 11) is 3.96. The van der Waals surface area contributed by atoms with Crippen LogP contribution in [0.3, 0.4) is 0 Å². The Morgan fingerprint density at radius 3 is 2.23 bits per heavy atom. The summed E-state index contributed by atoms with van der Waals surface area (Å²) < 4.78 is 0. The van der Waals surface area contributed by atoms with Gasteiger partial charge in [-0.25, -0.2) is 0 Å². The first-order chi connectivity index (χ1) is 12.3. The van der Waals surface area contributed by atoms with Crippen molar-refractivity contribution in [3.63, 3.8) is 0 Å². The van der Waals surface area contributed by atoms with Crippen LogP contribution in [0.1, 0.15) is 36.1 Å². The molecule has 0 spiro atoms. The molecule has 0 bridgehead atoms. The van der Waals surface area contributed by atoms with Crippen molar-refractivity contribution >= 4 is 23.2 Å². The van der Waals surface area contributed by atoms with Crippen molar-refractivity contribution < 1.29 is 9.59 Å². The van der Waals surface area contributed by atoms with E-state index in [0.717, 1.165) is 28.1 Å². The van der Waals surface area contributed by atoms with Gasteiger partial charge in [0.05, 0.1) is 12.5 Å². The second-order valence-electron chi connectivity index (χ2n) is 6.81. The van der Waals surface area contributed by atoms with Gasteiger partial charge in [0.15, 0.2) is 0 Å². The van der Waals surface area contributed by atoms with Crippen molar-refractivity contribution in [2.45, 2.75) is 33.2 Å². The summed E-state index contributed by atoms with van der Waals surface area (Å²) in [5.41, 5.74) is 4.91. The zero-order chi connectivity index (χ0) is 19.3. The maximum Gasteiger partial charge on any atom is 0.226 e. The monoisotopic (exact) mass is 353 g/mol. The van der Waals surface area contributed by atoms with Gasteiger partial charge in [-0.3, -0.25) is 9.59 Å². The van der Waals surface area contributed by atoms with E-state index < -0.39 is 0 Å². The summed E-state index contributed by atoms with van der Waals surface area (Å²) in [6, 6.07) is 13.4. The van der Waals surface area contributed by atoms with Crippen LogP contribution in [0.5, 0.6) is 0 Å². The number of carbonyl (C=O) groups is 2. The summed E-state index contributed by atoms with van der Waals surface area (Å²) in [6.07, 6.45) is 0.178. The van der Waals surface area contributed by atoms with Gasteiger partial charge in [0.2, 0.25) is 11.8 Å². The summed E-state index contributed by atoms with van der Waals surface area (Å²) in [4.78, 5) is 26.1. The highest BCUT2D eigenvalue weighted by molar-refractivity contribution is 5.92. The number of rotatable bonds is 6. The average Bonchev–Trinajstić information content (AvgIpc) is 2.56. The van der Waals surface area contributed by atoms with Crippen LogP contribution >= 0.6 is 0 Å². The summed E-state index contributed by atoms with van der Waals surface area (Å²) >= 11 is 0. The lowest BCUT2D eigenvalue weighted by Crippen LogP contribution is -2.29. The Bertz CT molecular complexity index is 782. The van der Waals surface area contributed by atoms with Gasteiger partial charge in [0, 0.05) is 32.4 Å². The van der Waals surface area contributed by atoms with Gasteiger partial charge < -0.3 is 15.5 Å².